The van der Waals surface area contributed by atoms with Gasteiger partial charge >= 0.3 is 0 Å². The van der Waals surface area contributed by atoms with Crippen molar-refractivity contribution in [2.24, 2.45) is 0 Å². The molecule has 100 valence electrons. The standard InChI is InChI=1S/C14H17N3O2/c1-2-9-15-14(18)13-8-10-17(16-13)11-19-12-6-4-3-5-7-12/h3-8,10H,2,9,11H2,1H3,(H,15,18). The molecule has 0 bridgehead atoms. The van der Waals surface area contributed by atoms with Crippen LogP contribution in [0.5, 0.6) is 5.75 Å². The molecule has 1 heterocycles. The van der Waals surface area contributed by atoms with Crippen molar-refractivity contribution in [3.63, 3.8) is 0 Å². The Bertz CT molecular complexity index is 522. The highest BCUT2D eigenvalue weighted by molar-refractivity contribution is 5.92. The van der Waals surface area contributed by atoms with Gasteiger partial charge in [0.25, 0.3) is 5.91 Å². The average molecular weight is 259 g/mol. The van der Waals surface area contributed by atoms with Crippen LogP contribution in [-0.2, 0) is 6.73 Å². The minimum Gasteiger partial charge on any atom is -0.471 e. The SMILES string of the molecule is CCCNC(=O)c1ccn(COc2ccccc2)n1. The molecule has 1 amide bonds. The molecular formula is C14H17N3O2. The summed E-state index contributed by atoms with van der Waals surface area (Å²) in [4.78, 5) is 11.7. The summed E-state index contributed by atoms with van der Waals surface area (Å²) in [7, 11) is 0. The summed E-state index contributed by atoms with van der Waals surface area (Å²) in [5, 5.41) is 6.94. The average Bonchev–Trinajstić information content (AvgIpc) is 2.92. The van der Waals surface area contributed by atoms with Gasteiger partial charge in [-0.15, -0.1) is 0 Å². The second-order valence-corrected chi connectivity index (χ2v) is 4.08. The van der Waals surface area contributed by atoms with Gasteiger partial charge in [-0.1, -0.05) is 25.1 Å². The van der Waals surface area contributed by atoms with E-state index < -0.39 is 0 Å². The molecule has 0 atom stereocenters. The maximum Gasteiger partial charge on any atom is 0.271 e. The van der Waals surface area contributed by atoms with Crippen LogP contribution in [0, 0.1) is 0 Å². The van der Waals surface area contributed by atoms with E-state index in [1.165, 1.54) is 0 Å². The maximum absolute atomic E-state index is 11.7. The molecule has 1 aromatic carbocycles. The summed E-state index contributed by atoms with van der Waals surface area (Å²) in [5.41, 5.74) is 0.408. The topological polar surface area (TPSA) is 56.2 Å². The van der Waals surface area contributed by atoms with Crippen LogP contribution >= 0.6 is 0 Å². The molecule has 1 aromatic heterocycles. The monoisotopic (exact) mass is 259 g/mol. The molecular weight excluding hydrogens is 242 g/mol. The fourth-order valence-electron chi connectivity index (χ4n) is 1.54. The van der Waals surface area contributed by atoms with Gasteiger partial charge < -0.3 is 10.1 Å². The molecule has 0 saturated heterocycles. The quantitative estimate of drug-likeness (QED) is 0.864. The molecule has 1 N–H and O–H groups in total. The van der Waals surface area contributed by atoms with Crippen LogP contribution in [0.25, 0.3) is 0 Å². The van der Waals surface area contributed by atoms with Gasteiger partial charge in [-0.2, -0.15) is 5.10 Å². The van der Waals surface area contributed by atoms with Crippen LogP contribution in [0.1, 0.15) is 23.8 Å². The minimum atomic E-state index is -0.152. The molecule has 5 nitrogen and oxygen atoms in total. The van der Waals surface area contributed by atoms with E-state index >= 15 is 0 Å². The van der Waals surface area contributed by atoms with Crippen molar-refractivity contribution in [3.05, 3.63) is 48.3 Å². The Labute approximate surface area is 112 Å². The number of nitrogens with zero attached hydrogens (tertiary/aromatic N) is 2. The van der Waals surface area contributed by atoms with Crippen LogP contribution in [0.3, 0.4) is 0 Å². The van der Waals surface area contributed by atoms with Crippen molar-refractivity contribution in [3.8, 4) is 5.75 Å². The fourth-order valence-corrected chi connectivity index (χ4v) is 1.54. The van der Waals surface area contributed by atoms with Crippen LogP contribution in [0.2, 0.25) is 0 Å². The fraction of sp³-hybridized carbons (Fsp3) is 0.286. The molecule has 2 aromatic rings. The zero-order chi connectivity index (χ0) is 13.5. The van der Waals surface area contributed by atoms with Gasteiger partial charge in [-0.25, -0.2) is 4.68 Å². The molecule has 0 fully saturated rings. The highest BCUT2D eigenvalue weighted by atomic mass is 16.5. The van der Waals surface area contributed by atoms with Gasteiger partial charge in [0.2, 0.25) is 0 Å². The number of hydrogen-bond acceptors (Lipinski definition) is 3. The number of rotatable bonds is 6. The Balaban J connectivity index is 1.89. The summed E-state index contributed by atoms with van der Waals surface area (Å²) in [5.74, 6) is 0.621. The Morgan fingerprint density at radius 3 is 2.84 bits per heavy atom. The van der Waals surface area contributed by atoms with E-state index in [4.69, 9.17) is 4.74 Å². The summed E-state index contributed by atoms with van der Waals surface area (Å²) in [6, 6.07) is 11.2. The van der Waals surface area contributed by atoms with Crippen molar-refractivity contribution in [2.45, 2.75) is 20.1 Å². The van der Waals surface area contributed by atoms with E-state index in [0.29, 0.717) is 12.2 Å². The molecule has 19 heavy (non-hydrogen) atoms. The summed E-state index contributed by atoms with van der Waals surface area (Å²) >= 11 is 0. The summed E-state index contributed by atoms with van der Waals surface area (Å²) < 4.78 is 7.13. The van der Waals surface area contributed by atoms with E-state index in [1.807, 2.05) is 37.3 Å². The molecule has 2 rings (SSSR count). The number of nitrogens with one attached hydrogen (secondary N) is 1. The lowest BCUT2D eigenvalue weighted by Gasteiger charge is -2.05. The lowest BCUT2D eigenvalue weighted by molar-refractivity contribution is 0.0946. The number of hydrogen-bond donors (Lipinski definition) is 1. The normalized spacial score (nSPS) is 10.2. The predicted octanol–water partition coefficient (Wildman–Crippen LogP) is 2.06. The largest absolute Gasteiger partial charge is 0.471 e. The van der Waals surface area contributed by atoms with Gasteiger partial charge in [0.1, 0.15) is 11.4 Å². The van der Waals surface area contributed by atoms with E-state index in [2.05, 4.69) is 10.4 Å². The van der Waals surface area contributed by atoms with Crippen LogP contribution in [-0.4, -0.2) is 22.2 Å². The Hall–Kier alpha value is -2.30. The first-order chi connectivity index (χ1) is 9.29. The smallest absolute Gasteiger partial charge is 0.271 e. The third-order valence-corrected chi connectivity index (χ3v) is 2.52. The highest BCUT2D eigenvalue weighted by Gasteiger charge is 2.08. The van der Waals surface area contributed by atoms with E-state index in [1.54, 1.807) is 16.9 Å². The van der Waals surface area contributed by atoms with Gasteiger partial charge in [0.15, 0.2) is 6.73 Å². The number of benzene rings is 1. The van der Waals surface area contributed by atoms with E-state index in [-0.39, 0.29) is 12.6 Å². The number of aromatic nitrogens is 2. The first-order valence-electron chi connectivity index (χ1n) is 6.29. The summed E-state index contributed by atoms with van der Waals surface area (Å²) in [6.07, 6.45) is 2.63. The van der Waals surface area contributed by atoms with Crippen molar-refractivity contribution in [2.75, 3.05) is 6.54 Å². The van der Waals surface area contributed by atoms with Crippen molar-refractivity contribution >= 4 is 5.91 Å². The maximum atomic E-state index is 11.7. The number of amides is 1. The lowest BCUT2D eigenvalue weighted by Crippen LogP contribution is -2.24. The molecule has 5 heteroatoms. The molecule has 0 aliphatic carbocycles. The molecule has 0 saturated carbocycles. The van der Waals surface area contributed by atoms with Crippen molar-refractivity contribution in [1.82, 2.24) is 15.1 Å². The lowest BCUT2D eigenvalue weighted by atomic mass is 10.3. The second kappa shape index (κ2) is 6.58. The zero-order valence-corrected chi connectivity index (χ0v) is 10.9. The Morgan fingerprint density at radius 1 is 1.32 bits per heavy atom. The molecule has 0 radical (unpaired) electrons. The number of para-hydroxylation sites is 1. The predicted molar refractivity (Wildman–Crippen MR) is 71.9 cm³/mol. The van der Waals surface area contributed by atoms with Gasteiger partial charge in [-0.05, 0) is 24.6 Å². The number of carbonyl (C=O) groups excluding carboxylic acids is 1. The van der Waals surface area contributed by atoms with Crippen LogP contribution in [0.4, 0.5) is 0 Å². The first-order valence-corrected chi connectivity index (χ1v) is 6.29. The van der Waals surface area contributed by atoms with E-state index in [0.717, 1.165) is 12.2 Å². The number of carbonyl (C=O) groups is 1. The van der Waals surface area contributed by atoms with Crippen LogP contribution in [0.15, 0.2) is 42.6 Å². The molecule has 0 aliphatic rings. The minimum absolute atomic E-state index is 0.152. The molecule has 0 spiro atoms. The third-order valence-electron chi connectivity index (χ3n) is 2.52. The van der Waals surface area contributed by atoms with E-state index in [9.17, 15) is 4.79 Å². The second-order valence-electron chi connectivity index (χ2n) is 4.08. The van der Waals surface area contributed by atoms with Crippen molar-refractivity contribution in [1.29, 1.82) is 0 Å². The van der Waals surface area contributed by atoms with Gasteiger partial charge in [-0.3, -0.25) is 4.79 Å². The first kappa shape index (κ1) is 13.1. The Kier molecular flexibility index (Phi) is 4.55. The molecule has 0 unspecified atom stereocenters. The Morgan fingerprint density at radius 2 is 2.11 bits per heavy atom. The summed E-state index contributed by atoms with van der Waals surface area (Å²) in [6.45, 7) is 2.95. The van der Waals surface area contributed by atoms with Crippen molar-refractivity contribution < 1.29 is 9.53 Å². The zero-order valence-electron chi connectivity index (χ0n) is 10.9. The van der Waals surface area contributed by atoms with Gasteiger partial charge in [0, 0.05) is 12.7 Å². The highest BCUT2D eigenvalue weighted by Crippen LogP contribution is 2.08. The van der Waals surface area contributed by atoms with Gasteiger partial charge in [0.05, 0.1) is 0 Å². The van der Waals surface area contributed by atoms with Crippen LogP contribution < -0.4 is 10.1 Å². The number of ether oxygens (including phenoxy) is 1. The third kappa shape index (κ3) is 3.84. The molecule has 0 aliphatic heterocycles.